The molecule has 2 amide bonds. The van der Waals surface area contributed by atoms with E-state index in [2.05, 4.69) is 23.8 Å². The van der Waals surface area contributed by atoms with Crippen molar-refractivity contribution in [1.29, 1.82) is 0 Å². The highest BCUT2D eigenvalue weighted by Crippen LogP contribution is 2.29. The summed E-state index contributed by atoms with van der Waals surface area (Å²) in [7, 11) is 0. The first kappa shape index (κ1) is 24.0. The number of nitrogens with one attached hydrogen (secondary N) is 2. The molecule has 0 aromatic heterocycles. The van der Waals surface area contributed by atoms with Crippen molar-refractivity contribution in [3.05, 3.63) is 107 Å². The third-order valence-corrected chi connectivity index (χ3v) is 4.52. The molecule has 0 fully saturated rings. The Morgan fingerprint density at radius 3 is 2.16 bits per heavy atom. The number of amides is 2. The van der Waals surface area contributed by atoms with Crippen molar-refractivity contribution in [3.63, 3.8) is 0 Å². The fraction of sp³-hybridized carbons (Fsp3) is 0.130. The number of hydrogen-bond acceptors (Lipinski definition) is 2. The molecule has 0 aliphatic carbocycles. The lowest BCUT2D eigenvalue weighted by molar-refractivity contribution is -0.137. The minimum atomic E-state index is -4.49. The first-order valence-electron chi connectivity index (χ1n) is 9.11. The fourth-order valence-corrected chi connectivity index (χ4v) is 2.84. The zero-order valence-corrected chi connectivity index (χ0v) is 17.1. The normalized spacial score (nSPS) is 12.6. The van der Waals surface area contributed by atoms with E-state index in [1.807, 2.05) is 0 Å². The molecule has 8 heteroatoms. The summed E-state index contributed by atoms with van der Waals surface area (Å²) in [5, 5.41) is 5.72. The number of alkyl halides is 3. The summed E-state index contributed by atoms with van der Waals surface area (Å²) in [5.41, 5.74) is 0.548. The lowest BCUT2D eigenvalue weighted by Gasteiger charge is -2.21. The standard InChI is InChI=1S/C23H20ClF3N2O2/c1-3-5-15(4-2)21(16-8-12-19(24)13-9-16)29-20(30)14-28-22(31)17-6-10-18(11-7-17)23(25,26)27/h3-13,21H,1-2,14H2,(H,28,31)(H,29,30)/b15-5+. The molecule has 0 aliphatic rings. The van der Waals surface area contributed by atoms with Crippen LogP contribution in [-0.2, 0) is 11.0 Å². The zero-order valence-electron chi connectivity index (χ0n) is 16.4. The third kappa shape index (κ3) is 6.86. The Balaban J connectivity index is 2.07. The summed E-state index contributed by atoms with van der Waals surface area (Å²) in [5.74, 6) is -1.17. The lowest BCUT2D eigenvalue weighted by Crippen LogP contribution is -2.39. The average Bonchev–Trinajstić information content (AvgIpc) is 2.74. The van der Waals surface area contributed by atoms with Crippen LogP contribution < -0.4 is 10.6 Å². The van der Waals surface area contributed by atoms with Crippen molar-refractivity contribution < 1.29 is 22.8 Å². The van der Waals surface area contributed by atoms with E-state index in [4.69, 9.17) is 11.6 Å². The summed E-state index contributed by atoms with van der Waals surface area (Å²) in [6.45, 7) is 7.02. The van der Waals surface area contributed by atoms with E-state index in [1.165, 1.54) is 0 Å². The third-order valence-electron chi connectivity index (χ3n) is 4.27. The number of halogens is 4. The van der Waals surface area contributed by atoms with E-state index < -0.39 is 29.6 Å². The smallest absolute Gasteiger partial charge is 0.344 e. The molecule has 0 saturated heterocycles. The minimum absolute atomic E-state index is 0.00776. The van der Waals surface area contributed by atoms with Gasteiger partial charge in [-0.15, -0.1) is 0 Å². The van der Waals surface area contributed by atoms with Gasteiger partial charge in [0, 0.05) is 10.6 Å². The van der Waals surface area contributed by atoms with Crippen LogP contribution in [0.1, 0.15) is 27.5 Å². The Morgan fingerprint density at radius 1 is 1.03 bits per heavy atom. The zero-order chi connectivity index (χ0) is 23.0. The van der Waals surface area contributed by atoms with Gasteiger partial charge in [0.15, 0.2) is 0 Å². The second kappa shape index (κ2) is 10.6. The van der Waals surface area contributed by atoms with Crippen molar-refractivity contribution in [2.75, 3.05) is 6.54 Å². The maximum absolute atomic E-state index is 12.6. The second-order valence-corrected chi connectivity index (χ2v) is 6.85. The maximum Gasteiger partial charge on any atom is 0.416 e. The number of rotatable bonds is 8. The number of carbonyl (C=O) groups excluding carboxylic acids is 2. The van der Waals surface area contributed by atoms with Crippen molar-refractivity contribution in [1.82, 2.24) is 10.6 Å². The van der Waals surface area contributed by atoms with E-state index >= 15 is 0 Å². The molecule has 1 unspecified atom stereocenters. The van der Waals surface area contributed by atoms with E-state index in [9.17, 15) is 22.8 Å². The van der Waals surface area contributed by atoms with Crippen LogP contribution >= 0.6 is 11.6 Å². The van der Waals surface area contributed by atoms with Gasteiger partial charge < -0.3 is 10.6 Å². The molecule has 2 aromatic rings. The molecule has 0 spiro atoms. The molecule has 2 aromatic carbocycles. The predicted molar refractivity (Wildman–Crippen MR) is 115 cm³/mol. The predicted octanol–water partition coefficient (Wildman–Crippen LogP) is 5.24. The molecular formula is C23H20ClF3N2O2. The SMILES string of the molecule is C=C/C=C(\C=C)C(NC(=O)CNC(=O)c1ccc(C(F)(F)F)cc1)c1ccc(Cl)cc1. The van der Waals surface area contributed by atoms with Gasteiger partial charge in [0.25, 0.3) is 5.91 Å². The molecule has 4 nitrogen and oxygen atoms in total. The van der Waals surface area contributed by atoms with Crippen LogP contribution in [-0.4, -0.2) is 18.4 Å². The Morgan fingerprint density at radius 2 is 1.65 bits per heavy atom. The first-order chi connectivity index (χ1) is 14.7. The van der Waals surface area contributed by atoms with Crippen LogP contribution in [0.5, 0.6) is 0 Å². The van der Waals surface area contributed by atoms with Gasteiger partial charge in [-0.2, -0.15) is 13.2 Å². The molecule has 31 heavy (non-hydrogen) atoms. The highest BCUT2D eigenvalue weighted by molar-refractivity contribution is 6.30. The largest absolute Gasteiger partial charge is 0.416 e. The summed E-state index contributed by atoms with van der Waals surface area (Å²) >= 11 is 5.93. The van der Waals surface area contributed by atoms with Crippen LogP contribution in [0.25, 0.3) is 0 Å². The minimum Gasteiger partial charge on any atom is -0.344 e. The van der Waals surface area contributed by atoms with Crippen molar-refractivity contribution >= 4 is 23.4 Å². The van der Waals surface area contributed by atoms with Crippen molar-refractivity contribution in [2.45, 2.75) is 12.2 Å². The summed E-state index contributed by atoms with van der Waals surface area (Å²) in [6.07, 6.45) is 0.321. The Hall–Kier alpha value is -3.32. The van der Waals surface area contributed by atoms with Gasteiger partial charge in [0.1, 0.15) is 0 Å². The van der Waals surface area contributed by atoms with Crippen LogP contribution in [0.2, 0.25) is 5.02 Å². The van der Waals surface area contributed by atoms with Crippen molar-refractivity contribution in [3.8, 4) is 0 Å². The maximum atomic E-state index is 12.6. The van der Waals surface area contributed by atoms with Crippen LogP contribution in [0.3, 0.4) is 0 Å². The summed E-state index contributed by atoms with van der Waals surface area (Å²) in [4.78, 5) is 24.6. The first-order valence-corrected chi connectivity index (χ1v) is 9.49. The van der Waals surface area contributed by atoms with Gasteiger partial charge in [-0.1, -0.05) is 55.1 Å². The molecule has 2 N–H and O–H groups in total. The van der Waals surface area contributed by atoms with Crippen LogP contribution in [0.15, 0.2) is 85.5 Å². The van der Waals surface area contributed by atoms with Crippen LogP contribution in [0, 0.1) is 0 Å². The highest BCUT2D eigenvalue weighted by Gasteiger charge is 2.30. The van der Waals surface area contributed by atoms with E-state index in [-0.39, 0.29) is 12.1 Å². The van der Waals surface area contributed by atoms with Gasteiger partial charge in [-0.25, -0.2) is 0 Å². The van der Waals surface area contributed by atoms with E-state index in [0.29, 0.717) is 10.6 Å². The average molecular weight is 449 g/mol. The summed E-state index contributed by atoms with van der Waals surface area (Å²) in [6, 6.07) is 9.99. The van der Waals surface area contributed by atoms with Gasteiger partial charge in [0.05, 0.1) is 18.2 Å². The molecule has 162 valence electrons. The molecule has 1 atom stereocenters. The molecule has 0 bridgehead atoms. The number of benzene rings is 2. The quantitative estimate of drug-likeness (QED) is 0.542. The number of carbonyl (C=O) groups is 2. The number of hydrogen-bond donors (Lipinski definition) is 2. The monoisotopic (exact) mass is 448 g/mol. The number of allylic oxidation sites excluding steroid dienone is 2. The highest BCUT2D eigenvalue weighted by atomic mass is 35.5. The Bertz CT molecular complexity index is 981. The van der Waals surface area contributed by atoms with Gasteiger partial charge >= 0.3 is 6.18 Å². The molecule has 0 aliphatic heterocycles. The molecule has 2 rings (SSSR count). The molecule has 0 heterocycles. The van der Waals surface area contributed by atoms with Gasteiger partial charge in [-0.3, -0.25) is 9.59 Å². The fourth-order valence-electron chi connectivity index (χ4n) is 2.72. The topological polar surface area (TPSA) is 58.2 Å². The van der Waals surface area contributed by atoms with Crippen LogP contribution in [0.4, 0.5) is 13.2 Å². The second-order valence-electron chi connectivity index (χ2n) is 6.42. The summed E-state index contributed by atoms with van der Waals surface area (Å²) < 4.78 is 37.9. The molecule has 0 radical (unpaired) electrons. The Kier molecular flexibility index (Phi) is 8.22. The molecular weight excluding hydrogens is 429 g/mol. The Labute approximate surface area is 183 Å². The van der Waals surface area contributed by atoms with E-state index in [1.54, 1.807) is 42.5 Å². The molecule has 0 saturated carbocycles. The van der Waals surface area contributed by atoms with Gasteiger partial charge in [0.2, 0.25) is 5.91 Å². The van der Waals surface area contributed by atoms with Crippen molar-refractivity contribution in [2.24, 2.45) is 0 Å². The lowest BCUT2D eigenvalue weighted by atomic mass is 9.98. The van der Waals surface area contributed by atoms with Gasteiger partial charge in [-0.05, 0) is 47.5 Å². The van der Waals surface area contributed by atoms with E-state index in [0.717, 1.165) is 29.8 Å².